The Morgan fingerprint density at radius 3 is 1.18 bits per heavy atom. The Labute approximate surface area is 346 Å². The van der Waals surface area contributed by atoms with Gasteiger partial charge in [-0.05, 0) is 45.4 Å². The maximum Gasteiger partial charge on any atom is 0.472 e. The van der Waals surface area contributed by atoms with E-state index in [-0.39, 0.29) is 25.6 Å². The highest BCUT2D eigenvalue weighted by atomic mass is 31.2. The monoisotopic (exact) mass is 815 g/mol. The van der Waals surface area contributed by atoms with Gasteiger partial charge in [0.05, 0.1) is 13.2 Å². The first-order valence-corrected chi connectivity index (χ1v) is 25.5. The summed E-state index contributed by atoms with van der Waals surface area (Å²) in [4.78, 5) is 34.8. The van der Waals surface area contributed by atoms with Gasteiger partial charge in [0.1, 0.15) is 6.61 Å². The molecule has 0 saturated heterocycles. The number of carbonyl (C=O) groups is 2. The van der Waals surface area contributed by atoms with Crippen LogP contribution in [-0.2, 0) is 32.7 Å². The molecule has 0 saturated carbocycles. The Morgan fingerprint density at radius 2 is 0.804 bits per heavy atom. The first-order chi connectivity index (χ1) is 27.3. The molecule has 332 valence electrons. The Morgan fingerprint density at radius 1 is 0.464 bits per heavy atom. The standard InChI is InChI=1S/C47H91O8P/c1-4-7-9-11-13-15-17-19-21-22-23-24-25-26-28-29-31-33-35-37-39-41-46(48)52-43-45(44-54-56(50,51)53-6-3)55-47(49)42-40-38-36-34-32-30-27-20-18-16-14-12-10-8-5-2/h20,27,45H,4-19,21-26,28-44H2,1-3H3,(H,50,51)/b27-20-. The smallest absolute Gasteiger partial charge is 0.462 e. The van der Waals surface area contributed by atoms with Crippen molar-refractivity contribution in [1.82, 2.24) is 0 Å². The first-order valence-electron chi connectivity index (χ1n) is 24.0. The van der Waals surface area contributed by atoms with Gasteiger partial charge in [-0.1, -0.05) is 206 Å². The number of unbranched alkanes of at least 4 members (excludes halogenated alkanes) is 31. The summed E-state index contributed by atoms with van der Waals surface area (Å²) < 4.78 is 32.7. The quantitative estimate of drug-likeness (QED) is 0.0280. The van der Waals surface area contributed by atoms with Crippen LogP contribution in [0.2, 0.25) is 0 Å². The molecular formula is C47H91O8P. The second kappa shape index (κ2) is 43.4. The minimum atomic E-state index is -4.28. The molecule has 2 atom stereocenters. The third-order valence-electron chi connectivity index (χ3n) is 10.6. The van der Waals surface area contributed by atoms with Gasteiger partial charge < -0.3 is 14.4 Å². The fraction of sp³-hybridized carbons (Fsp3) is 0.915. The molecule has 0 spiro atoms. The highest BCUT2D eigenvalue weighted by Crippen LogP contribution is 2.43. The Balaban J connectivity index is 3.96. The number of ether oxygens (including phenoxy) is 2. The van der Waals surface area contributed by atoms with Crippen molar-refractivity contribution >= 4 is 19.8 Å². The van der Waals surface area contributed by atoms with Crippen molar-refractivity contribution in [2.75, 3.05) is 19.8 Å². The number of carbonyl (C=O) groups excluding carboxylic acids is 2. The number of phosphoric ester groups is 1. The molecule has 0 fully saturated rings. The van der Waals surface area contributed by atoms with Gasteiger partial charge in [-0.3, -0.25) is 18.6 Å². The Kier molecular flexibility index (Phi) is 42.4. The molecule has 0 heterocycles. The third kappa shape index (κ3) is 42.4. The van der Waals surface area contributed by atoms with Gasteiger partial charge in [-0.15, -0.1) is 0 Å². The summed E-state index contributed by atoms with van der Waals surface area (Å²) in [5.41, 5.74) is 0. The maximum atomic E-state index is 12.6. The fourth-order valence-corrected chi connectivity index (χ4v) is 7.79. The molecule has 0 aliphatic carbocycles. The highest BCUT2D eigenvalue weighted by molar-refractivity contribution is 7.47. The van der Waals surface area contributed by atoms with Crippen LogP contribution in [0.1, 0.15) is 252 Å². The minimum Gasteiger partial charge on any atom is -0.462 e. The zero-order valence-corrected chi connectivity index (χ0v) is 38.0. The van der Waals surface area contributed by atoms with Crippen molar-refractivity contribution in [2.24, 2.45) is 0 Å². The molecule has 0 aliphatic rings. The normalized spacial score (nSPS) is 13.3. The van der Waals surface area contributed by atoms with Gasteiger partial charge >= 0.3 is 19.8 Å². The average molecular weight is 815 g/mol. The molecule has 8 nitrogen and oxygen atoms in total. The molecule has 0 aromatic carbocycles. The van der Waals surface area contributed by atoms with Crippen molar-refractivity contribution in [3.63, 3.8) is 0 Å². The van der Waals surface area contributed by atoms with E-state index in [2.05, 4.69) is 26.0 Å². The SMILES string of the molecule is CCCCCCCC/C=C\CCCCCCCC(=O)OC(COC(=O)CCCCCCCCCCCCCCCCCCCCCCC)COP(=O)(O)OCC. The lowest BCUT2D eigenvalue weighted by Crippen LogP contribution is -2.29. The molecule has 0 rings (SSSR count). The van der Waals surface area contributed by atoms with E-state index >= 15 is 0 Å². The zero-order valence-electron chi connectivity index (χ0n) is 37.1. The second-order valence-corrected chi connectivity index (χ2v) is 17.6. The van der Waals surface area contributed by atoms with E-state index in [0.717, 1.165) is 51.4 Å². The van der Waals surface area contributed by atoms with Crippen molar-refractivity contribution in [3.8, 4) is 0 Å². The van der Waals surface area contributed by atoms with Crippen molar-refractivity contribution in [3.05, 3.63) is 12.2 Å². The van der Waals surface area contributed by atoms with E-state index in [9.17, 15) is 19.0 Å². The lowest BCUT2D eigenvalue weighted by molar-refractivity contribution is -0.161. The zero-order chi connectivity index (χ0) is 41.1. The van der Waals surface area contributed by atoms with E-state index in [0.29, 0.717) is 12.8 Å². The number of hydrogen-bond acceptors (Lipinski definition) is 7. The van der Waals surface area contributed by atoms with Crippen molar-refractivity contribution < 1.29 is 37.6 Å². The minimum absolute atomic E-state index is 0.00219. The third-order valence-corrected chi connectivity index (χ3v) is 11.6. The summed E-state index contributed by atoms with van der Waals surface area (Å²) in [6, 6.07) is 0. The molecule has 0 aliphatic heterocycles. The lowest BCUT2D eigenvalue weighted by atomic mass is 10.0. The van der Waals surface area contributed by atoms with Gasteiger partial charge in [0, 0.05) is 12.8 Å². The molecule has 0 amide bonds. The first kappa shape index (κ1) is 54.8. The van der Waals surface area contributed by atoms with E-state index in [4.69, 9.17) is 18.5 Å². The Hall–Kier alpha value is -1.21. The van der Waals surface area contributed by atoms with Crippen LogP contribution in [0.5, 0.6) is 0 Å². The largest absolute Gasteiger partial charge is 0.472 e. The molecule has 0 aromatic rings. The summed E-state index contributed by atoms with van der Waals surface area (Å²) in [7, 11) is -4.28. The van der Waals surface area contributed by atoms with E-state index < -0.39 is 26.5 Å². The van der Waals surface area contributed by atoms with E-state index in [1.165, 1.54) is 161 Å². The lowest BCUT2D eigenvalue weighted by Gasteiger charge is -2.19. The molecule has 2 unspecified atom stereocenters. The van der Waals surface area contributed by atoms with Crippen molar-refractivity contribution in [2.45, 2.75) is 258 Å². The Bertz CT molecular complexity index is 926. The molecule has 0 aromatic heterocycles. The number of esters is 2. The van der Waals surface area contributed by atoms with Crippen LogP contribution >= 0.6 is 7.82 Å². The average Bonchev–Trinajstić information content (AvgIpc) is 3.18. The second-order valence-electron chi connectivity index (χ2n) is 16.1. The highest BCUT2D eigenvalue weighted by Gasteiger charge is 2.25. The van der Waals surface area contributed by atoms with Crippen LogP contribution in [0, 0.1) is 0 Å². The molecule has 0 radical (unpaired) electrons. The summed E-state index contributed by atoms with van der Waals surface area (Å²) >= 11 is 0. The van der Waals surface area contributed by atoms with Crippen LogP contribution in [-0.4, -0.2) is 42.8 Å². The van der Waals surface area contributed by atoms with Crippen LogP contribution in [0.3, 0.4) is 0 Å². The number of hydrogen-bond donors (Lipinski definition) is 1. The van der Waals surface area contributed by atoms with Gasteiger partial charge in [-0.2, -0.15) is 0 Å². The van der Waals surface area contributed by atoms with Gasteiger partial charge in [0.2, 0.25) is 0 Å². The summed E-state index contributed by atoms with van der Waals surface area (Å²) in [6.45, 7) is 5.51. The predicted molar refractivity (Wildman–Crippen MR) is 235 cm³/mol. The molecule has 56 heavy (non-hydrogen) atoms. The summed E-state index contributed by atoms with van der Waals surface area (Å²) in [5, 5.41) is 0. The molecule has 0 bridgehead atoms. The van der Waals surface area contributed by atoms with Crippen LogP contribution in [0.25, 0.3) is 0 Å². The predicted octanol–water partition coefficient (Wildman–Crippen LogP) is 15.2. The van der Waals surface area contributed by atoms with E-state index in [1.807, 2.05) is 0 Å². The van der Waals surface area contributed by atoms with E-state index in [1.54, 1.807) is 6.92 Å². The summed E-state index contributed by atoms with van der Waals surface area (Å²) in [5.74, 6) is -0.793. The number of phosphoric acid groups is 1. The molecular weight excluding hydrogens is 723 g/mol. The number of allylic oxidation sites excluding steroid dienone is 2. The topological polar surface area (TPSA) is 108 Å². The van der Waals surface area contributed by atoms with Crippen molar-refractivity contribution in [1.29, 1.82) is 0 Å². The summed E-state index contributed by atoms with van der Waals surface area (Å²) in [6.07, 6.45) is 47.0. The van der Waals surface area contributed by atoms with Gasteiger partial charge in [-0.25, -0.2) is 4.57 Å². The van der Waals surface area contributed by atoms with Crippen LogP contribution < -0.4 is 0 Å². The molecule has 9 heteroatoms. The van der Waals surface area contributed by atoms with Crippen LogP contribution in [0.15, 0.2) is 12.2 Å². The fourth-order valence-electron chi connectivity index (χ4n) is 7.04. The molecule has 1 N–H and O–H groups in total. The maximum absolute atomic E-state index is 12.6. The number of rotatable bonds is 45. The van der Waals surface area contributed by atoms with Gasteiger partial charge in [0.15, 0.2) is 6.10 Å². The van der Waals surface area contributed by atoms with Gasteiger partial charge in [0.25, 0.3) is 0 Å². The van der Waals surface area contributed by atoms with Crippen LogP contribution in [0.4, 0.5) is 0 Å².